The van der Waals surface area contributed by atoms with Crippen LogP contribution in [0.2, 0.25) is 0 Å². The number of hydrogen-bond donors (Lipinski definition) is 1. The quantitative estimate of drug-likeness (QED) is 0.699. The summed E-state index contributed by atoms with van der Waals surface area (Å²) in [5, 5.41) is 3.65. The Hall–Kier alpha value is -0.340. The largest absolute Gasteiger partial charge is 0.313 e. The van der Waals surface area contributed by atoms with Gasteiger partial charge in [0.25, 0.3) is 0 Å². The van der Waals surface area contributed by atoms with Gasteiger partial charge in [0.05, 0.1) is 0 Å². The summed E-state index contributed by atoms with van der Waals surface area (Å²) in [6.45, 7) is 9.52. The van der Waals surface area contributed by atoms with Gasteiger partial charge in [0, 0.05) is 25.7 Å². The van der Waals surface area contributed by atoms with Gasteiger partial charge < -0.3 is 5.32 Å². The molecule has 86 valence electrons. The van der Waals surface area contributed by atoms with E-state index in [1.807, 2.05) is 0 Å². The first-order chi connectivity index (χ1) is 7.24. The molecule has 1 saturated heterocycles. The Morgan fingerprint density at radius 1 is 1.53 bits per heavy atom. The summed E-state index contributed by atoms with van der Waals surface area (Å²) in [6, 6.07) is 0.737. The molecule has 0 aromatic heterocycles. The molecule has 0 saturated carbocycles. The minimum absolute atomic E-state index is 0.737. The maximum Gasteiger partial charge on any atom is 0.0197 e. The van der Waals surface area contributed by atoms with E-state index in [1.165, 1.54) is 45.4 Å². The molecule has 2 atom stereocenters. The molecule has 15 heavy (non-hydrogen) atoms. The van der Waals surface area contributed by atoms with Crippen LogP contribution < -0.4 is 5.32 Å². The van der Waals surface area contributed by atoms with Crippen LogP contribution in [0.3, 0.4) is 0 Å². The highest BCUT2D eigenvalue weighted by molar-refractivity contribution is 5.04. The first-order valence-electron chi connectivity index (χ1n) is 6.35. The van der Waals surface area contributed by atoms with Crippen LogP contribution in [0.25, 0.3) is 0 Å². The second kappa shape index (κ2) is 5.13. The lowest BCUT2D eigenvalue weighted by atomic mass is 9.94. The SMILES string of the molecule is CC1=CCN(CC2CC(C)CCN2)CC1. The number of piperidine rings is 1. The molecule has 0 spiro atoms. The van der Waals surface area contributed by atoms with Crippen molar-refractivity contribution in [3.63, 3.8) is 0 Å². The van der Waals surface area contributed by atoms with E-state index in [-0.39, 0.29) is 0 Å². The fourth-order valence-corrected chi connectivity index (χ4v) is 2.65. The third kappa shape index (κ3) is 3.32. The predicted octanol–water partition coefficient (Wildman–Crippen LogP) is 2.03. The lowest BCUT2D eigenvalue weighted by Crippen LogP contribution is -2.46. The summed E-state index contributed by atoms with van der Waals surface area (Å²) in [5.74, 6) is 0.915. The smallest absolute Gasteiger partial charge is 0.0197 e. The van der Waals surface area contributed by atoms with Gasteiger partial charge in [-0.25, -0.2) is 0 Å². The molecule has 0 aromatic carbocycles. The Kier molecular flexibility index (Phi) is 3.81. The molecule has 1 fully saturated rings. The number of nitrogens with zero attached hydrogens (tertiary/aromatic N) is 1. The van der Waals surface area contributed by atoms with Gasteiger partial charge in [-0.05, 0) is 38.6 Å². The maximum absolute atomic E-state index is 3.65. The summed E-state index contributed by atoms with van der Waals surface area (Å²) >= 11 is 0. The number of nitrogens with one attached hydrogen (secondary N) is 1. The molecule has 2 heterocycles. The summed E-state index contributed by atoms with van der Waals surface area (Å²) in [5.41, 5.74) is 1.57. The molecular weight excluding hydrogens is 184 g/mol. The molecule has 2 aliphatic heterocycles. The first-order valence-corrected chi connectivity index (χ1v) is 6.35. The first kappa shape index (κ1) is 11.2. The molecule has 0 aliphatic carbocycles. The minimum Gasteiger partial charge on any atom is -0.313 e. The van der Waals surface area contributed by atoms with Crippen molar-refractivity contribution in [2.75, 3.05) is 26.2 Å². The van der Waals surface area contributed by atoms with E-state index < -0.39 is 0 Å². The Labute approximate surface area is 93.7 Å². The Morgan fingerprint density at radius 3 is 3.07 bits per heavy atom. The van der Waals surface area contributed by atoms with Crippen LogP contribution in [-0.4, -0.2) is 37.1 Å². The molecular formula is C13H24N2. The lowest BCUT2D eigenvalue weighted by Gasteiger charge is -2.34. The Balaban J connectivity index is 1.77. The molecule has 0 bridgehead atoms. The van der Waals surface area contributed by atoms with E-state index >= 15 is 0 Å². The van der Waals surface area contributed by atoms with Crippen molar-refractivity contribution in [1.82, 2.24) is 10.2 Å². The highest BCUT2D eigenvalue weighted by Gasteiger charge is 2.21. The average molecular weight is 208 g/mol. The third-order valence-corrected chi connectivity index (χ3v) is 3.76. The van der Waals surface area contributed by atoms with Crippen LogP contribution in [0.4, 0.5) is 0 Å². The highest BCUT2D eigenvalue weighted by atomic mass is 15.1. The predicted molar refractivity (Wildman–Crippen MR) is 65.0 cm³/mol. The Morgan fingerprint density at radius 2 is 2.40 bits per heavy atom. The minimum atomic E-state index is 0.737. The highest BCUT2D eigenvalue weighted by Crippen LogP contribution is 2.17. The van der Waals surface area contributed by atoms with Crippen molar-refractivity contribution in [2.45, 2.75) is 39.2 Å². The van der Waals surface area contributed by atoms with Gasteiger partial charge in [0.2, 0.25) is 0 Å². The van der Waals surface area contributed by atoms with Gasteiger partial charge in [0.15, 0.2) is 0 Å². The van der Waals surface area contributed by atoms with E-state index in [4.69, 9.17) is 0 Å². The van der Waals surface area contributed by atoms with E-state index in [0.29, 0.717) is 0 Å². The van der Waals surface area contributed by atoms with Crippen molar-refractivity contribution in [1.29, 1.82) is 0 Å². The van der Waals surface area contributed by atoms with Crippen molar-refractivity contribution in [3.8, 4) is 0 Å². The zero-order chi connectivity index (χ0) is 10.7. The van der Waals surface area contributed by atoms with E-state index in [2.05, 4.69) is 30.1 Å². The topological polar surface area (TPSA) is 15.3 Å². The number of rotatable bonds is 2. The van der Waals surface area contributed by atoms with Gasteiger partial charge in [-0.1, -0.05) is 18.6 Å². The molecule has 0 aromatic rings. The van der Waals surface area contributed by atoms with E-state index in [9.17, 15) is 0 Å². The van der Waals surface area contributed by atoms with Crippen LogP contribution >= 0.6 is 0 Å². The average Bonchev–Trinajstić information content (AvgIpc) is 2.22. The second-order valence-electron chi connectivity index (χ2n) is 5.34. The van der Waals surface area contributed by atoms with E-state index in [0.717, 1.165) is 12.0 Å². The van der Waals surface area contributed by atoms with Gasteiger partial charge in [0.1, 0.15) is 0 Å². The van der Waals surface area contributed by atoms with E-state index in [1.54, 1.807) is 5.57 Å². The van der Waals surface area contributed by atoms with Gasteiger partial charge in [-0.15, -0.1) is 0 Å². The summed E-state index contributed by atoms with van der Waals surface area (Å²) in [4.78, 5) is 2.59. The normalized spacial score (nSPS) is 33.9. The van der Waals surface area contributed by atoms with Crippen molar-refractivity contribution < 1.29 is 0 Å². The summed E-state index contributed by atoms with van der Waals surface area (Å²) in [7, 11) is 0. The molecule has 1 N–H and O–H groups in total. The van der Waals surface area contributed by atoms with Crippen LogP contribution in [0.5, 0.6) is 0 Å². The standard InChI is InChI=1S/C13H24N2/c1-11-4-7-15(8-5-11)10-13-9-12(2)3-6-14-13/h4,12-14H,3,5-10H2,1-2H3. The lowest BCUT2D eigenvalue weighted by molar-refractivity contribution is 0.216. The second-order valence-corrected chi connectivity index (χ2v) is 5.34. The molecule has 0 radical (unpaired) electrons. The molecule has 2 rings (SSSR count). The maximum atomic E-state index is 3.65. The molecule has 2 nitrogen and oxygen atoms in total. The van der Waals surface area contributed by atoms with Crippen LogP contribution in [0.15, 0.2) is 11.6 Å². The van der Waals surface area contributed by atoms with Crippen LogP contribution in [0, 0.1) is 5.92 Å². The monoisotopic (exact) mass is 208 g/mol. The zero-order valence-electron chi connectivity index (χ0n) is 10.1. The summed E-state index contributed by atoms with van der Waals surface area (Å²) in [6.07, 6.45) is 6.37. The van der Waals surface area contributed by atoms with Gasteiger partial charge in [-0.3, -0.25) is 4.90 Å². The van der Waals surface area contributed by atoms with Gasteiger partial charge in [-0.2, -0.15) is 0 Å². The molecule has 2 heteroatoms. The number of hydrogen-bond acceptors (Lipinski definition) is 2. The molecule has 0 amide bonds. The Bertz CT molecular complexity index is 235. The fourth-order valence-electron chi connectivity index (χ4n) is 2.65. The molecule has 2 unspecified atom stereocenters. The zero-order valence-corrected chi connectivity index (χ0v) is 10.1. The van der Waals surface area contributed by atoms with Crippen molar-refractivity contribution >= 4 is 0 Å². The van der Waals surface area contributed by atoms with Gasteiger partial charge >= 0.3 is 0 Å². The third-order valence-electron chi connectivity index (χ3n) is 3.76. The fraction of sp³-hybridized carbons (Fsp3) is 0.846. The van der Waals surface area contributed by atoms with Crippen molar-refractivity contribution in [3.05, 3.63) is 11.6 Å². The molecule has 2 aliphatic rings. The van der Waals surface area contributed by atoms with Crippen LogP contribution in [-0.2, 0) is 0 Å². The summed E-state index contributed by atoms with van der Waals surface area (Å²) < 4.78 is 0. The van der Waals surface area contributed by atoms with Crippen LogP contribution in [0.1, 0.15) is 33.1 Å². The van der Waals surface area contributed by atoms with Crippen molar-refractivity contribution in [2.24, 2.45) is 5.92 Å².